The number of aromatic nitrogens is 2. The summed E-state index contributed by atoms with van der Waals surface area (Å²) in [5, 5.41) is 8.82. The molecule has 0 fully saturated rings. The van der Waals surface area contributed by atoms with Crippen LogP contribution in [0.4, 0.5) is 33.5 Å². The molecule has 0 aliphatic carbocycles. The van der Waals surface area contributed by atoms with Crippen LogP contribution in [0.3, 0.4) is 0 Å². The second-order valence-electron chi connectivity index (χ2n) is 7.19. The second-order valence-corrected chi connectivity index (χ2v) is 7.95. The van der Waals surface area contributed by atoms with Crippen LogP contribution < -0.4 is 30.3 Å². The van der Waals surface area contributed by atoms with Crippen molar-refractivity contribution in [2.45, 2.75) is 6.92 Å². The van der Waals surface area contributed by atoms with E-state index in [4.69, 9.17) is 32.7 Å². The average molecular weight is 531 g/mol. The van der Waals surface area contributed by atoms with Crippen LogP contribution >= 0.6 is 23.2 Å². The number of ether oxygens (including phenoxy) is 2. The minimum Gasteiger partial charge on any atom is -0.495 e. The number of hydrogen-bond acceptors (Lipinski definition) is 7. The smallest absolute Gasteiger partial charge is 0.327 e. The van der Waals surface area contributed by atoms with Gasteiger partial charge in [0.05, 0.1) is 31.3 Å². The standard InChI is InChI=1S/C24H24Cl2N6O4/c1-5-8-20(33)30-15-10-7-6-9-14(15)29-18-12-19(28-13-27-18)32(2)24(34)31-23-21(25)16(35-3)11-17(36-4)22(23)26/h5-13H,1-4H3,(H,30,33)(H,31,34)(H,27,28,29)/b8-5-. The molecule has 188 valence electrons. The van der Waals surface area contributed by atoms with Crippen molar-refractivity contribution in [1.29, 1.82) is 0 Å². The molecule has 3 rings (SSSR count). The number of anilines is 5. The van der Waals surface area contributed by atoms with Crippen molar-refractivity contribution in [3.8, 4) is 11.5 Å². The van der Waals surface area contributed by atoms with Crippen LogP contribution in [0.2, 0.25) is 10.0 Å². The topological polar surface area (TPSA) is 118 Å². The third-order valence-electron chi connectivity index (χ3n) is 4.87. The van der Waals surface area contributed by atoms with E-state index in [0.29, 0.717) is 17.2 Å². The summed E-state index contributed by atoms with van der Waals surface area (Å²) in [7, 11) is 4.39. The third kappa shape index (κ3) is 6.15. The number of para-hydroxylation sites is 2. The molecule has 0 spiro atoms. The predicted octanol–water partition coefficient (Wildman–Crippen LogP) is 5.73. The molecule has 3 amide bonds. The van der Waals surface area contributed by atoms with Crippen molar-refractivity contribution in [2.24, 2.45) is 0 Å². The zero-order chi connectivity index (χ0) is 26.2. The quantitative estimate of drug-likeness (QED) is 0.318. The van der Waals surface area contributed by atoms with Gasteiger partial charge in [0.15, 0.2) is 0 Å². The van der Waals surface area contributed by atoms with Crippen LogP contribution in [0, 0.1) is 0 Å². The van der Waals surface area contributed by atoms with Crippen LogP contribution in [0.5, 0.6) is 11.5 Å². The van der Waals surface area contributed by atoms with Gasteiger partial charge in [-0.05, 0) is 25.1 Å². The number of benzene rings is 2. The highest BCUT2D eigenvalue weighted by Gasteiger charge is 2.22. The van der Waals surface area contributed by atoms with E-state index in [0.717, 1.165) is 0 Å². The van der Waals surface area contributed by atoms with Gasteiger partial charge in [-0.1, -0.05) is 41.4 Å². The first kappa shape index (κ1) is 26.6. The van der Waals surface area contributed by atoms with Gasteiger partial charge < -0.3 is 25.4 Å². The van der Waals surface area contributed by atoms with Crippen LogP contribution in [-0.2, 0) is 4.79 Å². The maximum atomic E-state index is 13.0. The maximum Gasteiger partial charge on any atom is 0.327 e. The van der Waals surface area contributed by atoms with E-state index >= 15 is 0 Å². The highest BCUT2D eigenvalue weighted by molar-refractivity contribution is 6.41. The number of carbonyl (C=O) groups is 2. The highest BCUT2D eigenvalue weighted by Crippen LogP contribution is 2.44. The Kier molecular flexibility index (Phi) is 8.93. The molecule has 0 unspecified atom stereocenters. The molecule has 0 bridgehead atoms. The van der Waals surface area contributed by atoms with Crippen LogP contribution in [0.15, 0.2) is 54.9 Å². The van der Waals surface area contributed by atoms with E-state index in [-0.39, 0.29) is 39.0 Å². The minimum atomic E-state index is -0.572. The summed E-state index contributed by atoms with van der Waals surface area (Å²) in [5.41, 5.74) is 1.29. The van der Waals surface area contributed by atoms with Crippen LogP contribution in [0.1, 0.15) is 6.92 Å². The molecule has 0 saturated carbocycles. The number of urea groups is 1. The van der Waals surface area contributed by atoms with Gasteiger partial charge in [-0.15, -0.1) is 0 Å². The number of rotatable bonds is 8. The van der Waals surface area contributed by atoms with Crippen molar-refractivity contribution in [2.75, 3.05) is 42.1 Å². The van der Waals surface area contributed by atoms with Crippen molar-refractivity contribution >= 4 is 63.8 Å². The average Bonchev–Trinajstić information content (AvgIpc) is 2.87. The largest absolute Gasteiger partial charge is 0.495 e. The summed E-state index contributed by atoms with van der Waals surface area (Å²) in [6, 6.07) is 9.66. The molecule has 3 aromatic rings. The minimum absolute atomic E-state index is 0.117. The lowest BCUT2D eigenvalue weighted by Gasteiger charge is -2.20. The zero-order valence-corrected chi connectivity index (χ0v) is 21.4. The molecule has 1 heterocycles. The number of methoxy groups -OCH3 is 2. The lowest BCUT2D eigenvalue weighted by molar-refractivity contribution is -0.111. The monoisotopic (exact) mass is 530 g/mol. The number of nitrogens with one attached hydrogen (secondary N) is 3. The SMILES string of the molecule is C/C=C\C(=O)Nc1ccccc1Nc1cc(N(C)C(=O)Nc2c(Cl)c(OC)cc(OC)c2Cl)ncn1. The molecule has 12 heteroatoms. The molecule has 3 N–H and O–H groups in total. The summed E-state index contributed by atoms with van der Waals surface area (Å²) < 4.78 is 10.5. The Morgan fingerprint density at radius 2 is 1.61 bits per heavy atom. The Labute approximate surface area is 218 Å². The van der Waals surface area contributed by atoms with E-state index < -0.39 is 6.03 Å². The van der Waals surface area contributed by atoms with Gasteiger partial charge in [0, 0.05) is 19.2 Å². The number of carbonyl (C=O) groups excluding carboxylic acids is 2. The van der Waals surface area contributed by atoms with E-state index in [2.05, 4.69) is 25.9 Å². The molecular formula is C24H24Cl2N6O4. The first-order valence-electron chi connectivity index (χ1n) is 10.6. The Morgan fingerprint density at radius 3 is 2.22 bits per heavy atom. The fourth-order valence-electron chi connectivity index (χ4n) is 3.05. The molecule has 0 aliphatic heterocycles. The summed E-state index contributed by atoms with van der Waals surface area (Å²) in [6.07, 6.45) is 4.37. The summed E-state index contributed by atoms with van der Waals surface area (Å²) >= 11 is 12.7. The van der Waals surface area contributed by atoms with Gasteiger partial charge in [0.1, 0.15) is 39.5 Å². The summed E-state index contributed by atoms with van der Waals surface area (Å²) in [6.45, 7) is 1.76. The fraction of sp³-hybridized carbons (Fsp3) is 0.167. The Morgan fingerprint density at radius 1 is 0.972 bits per heavy atom. The van der Waals surface area contributed by atoms with Crippen LogP contribution in [-0.4, -0.2) is 43.2 Å². The zero-order valence-electron chi connectivity index (χ0n) is 19.9. The van der Waals surface area contributed by atoms with Crippen molar-refractivity contribution in [3.05, 3.63) is 64.9 Å². The molecule has 0 aliphatic rings. The molecule has 0 atom stereocenters. The van der Waals surface area contributed by atoms with E-state index in [1.807, 2.05) is 6.07 Å². The van der Waals surface area contributed by atoms with Crippen LogP contribution in [0.25, 0.3) is 0 Å². The molecule has 0 saturated heterocycles. The maximum absolute atomic E-state index is 13.0. The van der Waals surface area contributed by atoms with Gasteiger partial charge in [-0.2, -0.15) is 0 Å². The number of hydrogen-bond donors (Lipinski definition) is 3. The third-order valence-corrected chi connectivity index (χ3v) is 5.62. The normalized spacial score (nSPS) is 10.6. The first-order valence-corrected chi connectivity index (χ1v) is 11.3. The van der Waals surface area contributed by atoms with Gasteiger partial charge in [-0.3, -0.25) is 9.69 Å². The van der Waals surface area contributed by atoms with E-state index in [1.165, 1.54) is 44.6 Å². The first-order chi connectivity index (χ1) is 17.3. The van der Waals surface area contributed by atoms with E-state index in [1.54, 1.807) is 37.3 Å². The summed E-state index contributed by atoms with van der Waals surface area (Å²) in [5.74, 6) is 0.973. The van der Waals surface area contributed by atoms with Gasteiger partial charge >= 0.3 is 6.03 Å². The van der Waals surface area contributed by atoms with Crippen molar-refractivity contribution < 1.29 is 19.1 Å². The molecule has 1 aromatic heterocycles. The highest BCUT2D eigenvalue weighted by atomic mass is 35.5. The molecule has 10 nitrogen and oxygen atoms in total. The number of nitrogens with zero attached hydrogens (tertiary/aromatic N) is 3. The Hall–Kier alpha value is -4.02. The van der Waals surface area contributed by atoms with Gasteiger partial charge in [0.2, 0.25) is 5.91 Å². The predicted molar refractivity (Wildman–Crippen MR) is 142 cm³/mol. The molecule has 36 heavy (non-hydrogen) atoms. The van der Waals surface area contributed by atoms with E-state index in [9.17, 15) is 9.59 Å². The molecule has 2 aromatic carbocycles. The number of halogens is 2. The van der Waals surface area contributed by atoms with Crippen molar-refractivity contribution in [1.82, 2.24) is 9.97 Å². The lowest BCUT2D eigenvalue weighted by Crippen LogP contribution is -2.32. The van der Waals surface area contributed by atoms with Crippen molar-refractivity contribution in [3.63, 3.8) is 0 Å². The van der Waals surface area contributed by atoms with Gasteiger partial charge in [-0.25, -0.2) is 14.8 Å². The van der Waals surface area contributed by atoms with Gasteiger partial charge in [0.25, 0.3) is 0 Å². The molecule has 0 radical (unpaired) electrons. The number of amides is 3. The Bertz CT molecular complexity index is 1270. The second kappa shape index (κ2) is 12.1. The molecular weight excluding hydrogens is 507 g/mol. The number of allylic oxidation sites excluding steroid dienone is 1. The summed E-state index contributed by atoms with van der Waals surface area (Å²) in [4.78, 5) is 34.6. The lowest BCUT2D eigenvalue weighted by atomic mass is 10.2. The Balaban J connectivity index is 1.82. The fourth-order valence-corrected chi connectivity index (χ4v) is 3.65.